The number of rotatable bonds is 15. The summed E-state index contributed by atoms with van der Waals surface area (Å²) in [5, 5.41) is 16.7. The number of carbonyl (C=O) groups excluding carboxylic acids is 2. The minimum absolute atomic E-state index is 0.0426. The zero-order valence-electron chi connectivity index (χ0n) is 28.1. The first-order valence-electron chi connectivity index (χ1n) is 15.5. The molecule has 260 valence electrons. The predicted octanol–water partition coefficient (Wildman–Crippen LogP) is 5.34. The van der Waals surface area contributed by atoms with Crippen molar-refractivity contribution in [1.29, 1.82) is 0 Å². The molecule has 3 N–H and O–H groups in total. The number of sulfonamides is 1. The van der Waals surface area contributed by atoms with E-state index in [0.29, 0.717) is 35.2 Å². The zero-order valence-corrected chi connectivity index (χ0v) is 28.9. The summed E-state index contributed by atoms with van der Waals surface area (Å²) in [7, 11) is 0.524. The van der Waals surface area contributed by atoms with Gasteiger partial charge in [0.05, 0.1) is 24.4 Å². The number of hydrogen-bond acceptors (Lipinski definition) is 9. The summed E-state index contributed by atoms with van der Waals surface area (Å²) >= 11 is 0. The molecule has 3 amide bonds. The van der Waals surface area contributed by atoms with Crippen molar-refractivity contribution < 1.29 is 41.4 Å². The van der Waals surface area contributed by atoms with Crippen LogP contribution in [0, 0.1) is 5.41 Å². The Morgan fingerprint density at radius 1 is 1.04 bits per heavy atom. The molecule has 4 aromatic rings. The normalized spacial score (nSPS) is 13.2. The summed E-state index contributed by atoms with van der Waals surface area (Å²) in [6.07, 6.45) is 0.757. The van der Waals surface area contributed by atoms with Crippen LogP contribution in [0.5, 0.6) is 11.5 Å². The Hall–Kier alpha value is -4.53. The van der Waals surface area contributed by atoms with E-state index in [9.17, 15) is 23.1 Å². The van der Waals surface area contributed by atoms with Crippen LogP contribution in [0.1, 0.15) is 44.7 Å². The van der Waals surface area contributed by atoms with Gasteiger partial charge in [-0.25, -0.2) is 18.0 Å². The van der Waals surface area contributed by atoms with Gasteiger partial charge in [-0.05, 0) is 67.0 Å². The Morgan fingerprint density at radius 3 is 2.44 bits per heavy atom. The van der Waals surface area contributed by atoms with Crippen LogP contribution in [0.15, 0.2) is 80.9 Å². The number of amides is 3. The Labute approximate surface area is 280 Å². The summed E-state index contributed by atoms with van der Waals surface area (Å²) in [4.78, 5) is 26.4. The van der Waals surface area contributed by atoms with E-state index in [4.69, 9.17) is 18.3 Å². The number of hydrogen-bond donors (Lipinski definition) is 3. The summed E-state index contributed by atoms with van der Waals surface area (Å²) < 4.78 is 51.4. The highest BCUT2D eigenvalue weighted by atomic mass is 32.2. The maximum Gasteiger partial charge on any atom is 0.414 e. The number of fused-ring (bicyclic) bond motifs is 1. The van der Waals surface area contributed by atoms with Crippen LogP contribution >= 0.6 is 0 Å². The third-order valence-electron chi connectivity index (χ3n) is 7.83. The van der Waals surface area contributed by atoms with Crippen molar-refractivity contribution in [3.8, 4) is 11.5 Å². The van der Waals surface area contributed by atoms with E-state index in [0.717, 1.165) is 17.1 Å². The van der Waals surface area contributed by atoms with Crippen molar-refractivity contribution in [2.75, 3.05) is 27.7 Å². The second-order valence-corrected chi connectivity index (χ2v) is 14.4. The Kier molecular flexibility index (Phi) is 11.8. The zero-order chi connectivity index (χ0) is 35.1. The maximum absolute atomic E-state index is 14.5. The van der Waals surface area contributed by atoms with Gasteiger partial charge in [-0.15, -0.1) is 0 Å². The van der Waals surface area contributed by atoms with Gasteiger partial charge < -0.3 is 38.9 Å². The van der Waals surface area contributed by atoms with Crippen LogP contribution in [0.2, 0.25) is 0 Å². The number of urea groups is 1. The number of ether oxygens (including phenoxy) is 2. The average Bonchev–Trinajstić information content (AvgIpc) is 3.66. The van der Waals surface area contributed by atoms with Gasteiger partial charge in [0.15, 0.2) is 5.75 Å². The van der Waals surface area contributed by atoms with Gasteiger partial charge in [-0.1, -0.05) is 44.2 Å². The molecule has 0 saturated carbocycles. The summed E-state index contributed by atoms with van der Waals surface area (Å²) in [5.41, 5.74) is 1.03. The molecule has 48 heavy (non-hydrogen) atoms. The second-order valence-electron chi connectivity index (χ2n) is 12.5. The number of carbonyl (C=O) groups is 2. The lowest BCUT2D eigenvalue weighted by atomic mass is 9.81. The molecule has 2 atom stereocenters. The van der Waals surface area contributed by atoms with Gasteiger partial charge in [0.2, 0.25) is 10.0 Å². The van der Waals surface area contributed by atoms with Crippen LogP contribution < -0.4 is 20.1 Å². The lowest BCUT2D eigenvalue weighted by Crippen LogP contribution is -2.56. The van der Waals surface area contributed by atoms with E-state index < -0.39 is 28.4 Å². The Morgan fingerprint density at radius 2 is 1.77 bits per heavy atom. The van der Waals surface area contributed by atoms with Crippen molar-refractivity contribution >= 4 is 33.3 Å². The molecular formula is C34H44N4O9S. The standard InChI is InChI=1S/C34H44N4O9S/c1-23(39)30(36-33(41)47-29-22-46-31-27(29)15-18-45-31)38(21-24-11-8-7-9-12-24)48(42,43)26-13-14-28(44-6)25(19-26)20-34(2,3)16-10-17-35-32(40)37(4)5/h7-9,11-15,18-19,22-23,30,39H,10,16-17,20-21H2,1-6H3,(H,35,40)(H,36,41)/t23-,30+/m1/s1. The highest BCUT2D eigenvalue weighted by Crippen LogP contribution is 2.34. The van der Waals surface area contributed by atoms with Crippen LogP contribution in [-0.4, -0.2) is 74.9 Å². The molecule has 14 heteroatoms. The monoisotopic (exact) mass is 684 g/mol. The second kappa shape index (κ2) is 15.6. The van der Waals surface area contributed by atoms with Crippen molar-refractivity contribution in [2.24, 2.45) is 5.41 Å². The minimum Gasteiger partial charge on any atom is -0.496 e. The highest BCUT2D eigenvalue weighted by molar-refractivity contribution is 7.89. The third kappa shape index (κ3) is 9.08. The number of methoxy groups -OCH3 is 1. The molecule has 2 aromatic carbocycles. The fraction of sp³-hybridized carbons (Fsp3) is 0.412. The smallest absolute Gasteiger partial charge is 0.414 e. The fourth-order valence-corrected chi connectivity index (χ4v) is 6.96. The Balaban J connectivity index is 1.62. The number of aliphatic hydroxyl groups is 1. The highest BCUT2D eigenvalue weighted by Gasteiger charge is 2.37. The van der Waals surface area contributed by atoms with Gasteiger partial charge in [0.25, 0.3) is 0 Å². The molecule has 0 fully saturated rings. The summed E-state index contributed by atoms with van der Waals surface area (Å²) in [6.45, 7) is 5.86. The lowest BCUT2D eigenvalue weighted by Gasteiger charge is -2.33. The van der Waals surface area contributed by atoms with Crippen molar-refractivity contribution in [3.05, 3.63) is 78.3 Å². The van der Waals surface area contributed by atoms with Crippen molar-refractivity contribution in [1.82, 2.24) is 19.8 Å². The molecule has 0 aliphatic carbocycles. The molecule has 0 bridgehead atoms. The molecule has 0 unspecified atom stereocenters. The molecular weight excluding hydrogens is 640 g/mol. The molecule has 0 aliphatic rings. The molecule has 0 saturated heterocycles. The first kappa shape index (κ1) is 36.3. The van der Waals surface area contributed by atoms with Crippen LogP contribution in [-0.2, 0) is 23.0 Å². The van der Waals surface area contributed by atoms with E-state index >= 15 is 0 Å². The van der Waals surface area contributed by atoms with Gasteiger partial charge >= 0.3 is 17.9 Å². The van der Waals surface area contributed by atoms with Crippen molar-refractivity contribution in [2.45, 2.75) is 63.7 Å². The van der Waals surface area contributed by atoms with E-state index in [2.05, 4.69) is 24.5 Å². The topological polar surface area (TPSA) is 164 Å². The number of aliphatic hydroxyl groups excluding tert-OH is 1. The van der Waals surface area contributed by atoms with E-state index in [1.165, 1.54) is 37.5 Å². The minimum atomic E-state index is -4.36. The molecule has 2 heterocycles. The van der Waals surface area contributed by atoms with Gasteiger partial charge in [0, 0.05) is 27.2 Å². The maximum atomic E-state index is 14.5. The van der Waals surface area contributed by atoms with E-state index in [1.807, 2.05) is 0 Å². The van der Waals surface area contributed by atoms with Crippen molar-refractivity contribution in [3.63, 3.8) is 0 Å². The first-order valence-corrected chi connectivity index (χ1v) is 16.9. The number of furan rings is 2. The number of nitrogens with one attached hydrogen (secondary N) is 2. The summed E-state index contributed by atoms with van der Waals surface area (Å²) in [6, 6.07) is 14.9. The van der Waals surface area contributed by atoms with Gasteiger partial charge in [-0.3, -0.25) is 0 Å². The quantitative estimate of drug-likeness (QED) is 0.111. The largest absolute Gasteiger partial charge is 0.496 e. The first-order chi connectivity index (χ1) is 22.7. The SMILES string of the molecule is COc1ccc(S(=O)(=O)N(Cc2ccccc2)[C@H](NC(=O)Oc2coc3occc23)[C@@H](C)O)cc1CC(C)(C)CCCNC(=O)N(C)C. The Bertz CT molecular complexity index is 1780. The fourth-order valence-electron chi connectivity index (χ4n) is 5.31. The van der Waals surface area contributed by atoms with Gasteiger partial charge in [-0.2, -0.15) is 4.31 Å². The van der Waals surface area contributed by atoms with Crippen LogP contribution in [0.4, 0.5) is 9.59 Å². The molecule has 0 radical (unpaired) electrons. The lowest BCUT2D eigenvalue weighted by molar-refractivity contribution is 0.0799. The molecule has 0 spiro atoms. The molecule has 13 nitrogen and oxygen atoms in total. The third-order valence-corrected chi connectivity index (χ3v) is 9.65. The van der Waals surface area contributed by atoms with Crippen LogP contribution in [0.25, 0.3) is 11.2 Å². The molecule has 2 aromatic heterocycles. The average molecular weight is 685 g/mol. The van der Waals surface area contributed by atoms with E-state index in [-0.39, 0.29) is 34.4 Å². The number of benzene rings is 2. The molecule has 4 rings (SSSR count). The number of nitrogens with zero attached hydrogens (tertiary/aromatic N) is 2. The summed E-state index contributed by atoms with van der Waals surface area (Å²) in [5.74, 6) is 0.755. The van der Waals surface area contributed by atoms with E-state index in [1.54, 1.807) is 62.6 Å². The van der Waals surface area contributed by atoms with Crippen LogP contribution in [0.3, 0.4) is 0 Å². The molecule has 0 aliphatic heterocycles. The predicted molar refractivity (Wildman–Crippen MR) is 179 cm³/mol. The van der Waals surface area contributed by atoms with Gasteiger partial charge in [0.1, 0.15) is 23.6 Å².